The number of rotatable bonds is 8. The summed E-state index contributed by atoms with van der Waals surface area (Å²) in [5.74, 6) is 0. The smallest absolute Gasteiger partial charge is 0.0715 e. The minimum Gasteiger partial charge on any atom is -0.263 e. The number of fused-ring (bicyclic) bond motifs is 3. The van der Waals surface area contributed by atoms with Gasteiger partial charge in [-0.15, -0.1) is 11.3 Å². The lowest BCUT2D eigenvalue weighted by Gasteiger charge is -2.17. The van der Waals surface area contributed by atoms with Crippen LogP contribution in [-0.4, -0.2) is 34.9 Å². The maximum atomic E-state index is 4.89. The van der Waals surface area contributed by atoms with Gasteiger partial charge in [0.05, 0.1) is 34.2 Å². The first-order valence-corrected chi connectivity index (χ1v) is 20.7. The average Bonchev–Trinajstić information content (AvgIpc) is 3.73. The molecule has 0 bridgehead atoms. The summed E-state index contributed by atoms with van der Waals surface area (Å²) in [4.78, 5) is 33.9. The van der Waals surface area contributed by atoms with Crippen LogP contribution in [-0.2, 0) is 0 Å². The van der Waals surface area contributed by atoms with Gasteiger partial charge in [0.15, 0.2) is 0 Å². The van der Waals surface area contributed by atoms with Crippen molar-refractivity contribution in [2.45, 2.75) is 0 Å². The number of thiophene rings is 1. The number of hydrogen-bond acceptors (Lipinski definition) is 8. The Balaban J connectivity index is 1.12. The van der Waals surface area contributed by atoms with Crippen molar-refractivity contribution in [2.24, 2.45) is 0 Å². The van der Waals surface area contributed by atoms with E-state index in [-0.39, 0.29) is 0 Å². The molecule has 8 aromatic heterocycles. The van der Waals surface area contributed by atoms with Gasteiger partial charge in [0.25, 0.3) is 0 Å². The summed E-state index contributed by atoms with van der Waals surface area (Å²) < 4.78 is 2.33. The van der Waals surface area contributed by atoms with E-state index in [0.717, 1.165) is 105 Å². The summed E-state index contributed by atoms with van der Waals surface area (Å²) in [5.41, 5.74) is 15.2. The predicted molar refractivity (Wildman–Crippen MR) is 247 cm³/mol. The van der Waals surface area contributed by atoms with Crippen LogP contribution < -0.4 is 0 Å². The van der Waals surface area contributed by atoms with Gasteiger partial charge in [-0.25, -0.2) is 0 Å². The highest BCUT2D eigenvalue weighted by molar-refractivity contribution is 7.26. The van der Waals surface area contributed by atoms with Gasteiger partial charge in [-0.05, 0) is 126 Å². The largest absolute Gasteiger partial charge is 0.263 e. The van der Waals surface area contributed by atoms with Crippen molar-refractivity contribution in [3.05, 3.63) is 201 Å². The molecule has 0 atom stereocenters. The summed E-state index contributed by atoms with van der Waals surface area (Å²) in [7, 11) is 0. The standard InChI is InChI=1S/C53H33N7S/c1-7-21-55-44(13-1)38-28-35(29-39(45-14-2-8-22-56-45)51(38)48-17-5-11-25-59-48)34-19-20-50-37(27-34)43-33-54-32-42(53(43)61-50)36-30-40(46-15-3-9-23-57-46)52(49-18-6-12-26-60-49)41(31-36)47-16-4-10-24-58-47/h1-33H. The third kappa shape index (κ3) is 6.71. The third-order valence-corrected chi connectivity index (χ3v) is 12.1. The molecule has 0 aliphatic heterocycles. The maximum Gasteiger partial charge on any atom is 0.0715 e. The van der Waals surface area contributed by atoms with Crippen LogP contribution in [0, 0.1) is 0 Å². The van der Waals surface area contributed by atoms with Crippen molar-refractivity contribution in [1.29, 1.82) is 0 Å². The lowest BCUT2D eigenvalue weighted by atomic mass is 9.88. The van der Waals surface area contributed by atoms with Crippen molar-refractivity contribution in [3.8, 4) is 89.8 Å². The zero-order valence-corrected chi connectivity index (χ0v) is 33.4. The van der Waals surface area contributed by atoms with Crippen LogP contribution in [0.15, 0.2) is 201 Å². The van der Waals surface area contributed by atoms with Crippen molar-refractivity contribution in [3.63, 3.8) is 0 Å². The van der Waals surface area contributed by atoms with E-state index in [1.54, 1.807) is 11.3 Å². The Labute approximate surface area is 355 Å². The first-order valence-electron chi connectivity index (χ1n) is 19.9. The van der Waals surface area contributed by atoms with Crippen LogP contribution >= 0.6 is 11.3 Å². The molecule has 0 aliphatic rings. The molecular weight excluding hydrogens is 767 g/mol. The molecule has 0 fully saturated rings. The second-order valence-corrected chi connectivity index (χ2v) is 15.6. The molecule has 8 heteroatoms. The Bertz CT molecular complexity index is 3210. The Morgan fingerprint density at radius 3 is 1.13 bits per heavy atom. The van der Waals surface area contributed by atoms with Gasteiger partial charge in [-0.3, -0.25) is 34.9 Å². The van der Waals surface area contributed by atoms with Crippen molar-refractivity contribution >= 4 is 31.5 Å². The van der Waals surface area contributed by atoms with Gasteiger partial charge >= 0.3 is 0 Å². The van der Waals surface area contributed by atoms with E-state index in [9.17, 15) is 0 Å². The van der Waals surface area contributed by atoms with Gasteiger partial charge < -0.3 is 0 Å². The van der Waals surface area contributed by atoms with Gasteiger partial charge in [0.1, 0.15) is 0 Å². The Hall–Kier alpha value is -8.07. The molecule has 0 N–H and O–H groups in total. The molecule has 0 spiro atoms. The summed E-state index contributed by atoms with van der Waals surface area (Å²) in [5, 5.41) is 2.23. The van der Waals surface area contributed by atoms with Crippen LogP contribution in [0.4, 0.5) is 0 Å². The quantitative estimate of drug-likeness (QED) is 0.151. The average molecular weight is 800 g/mol. The second-order valence-electron chi connectivity index (χ2n) is 14.6. The molecule has 61 heavy (non-hydrogen) atoms. The molecule has 0 saturated heterocycles. The molecule has 286 valence electrons. The highest BCUT2D eigenvalue weighted by Gasteiger charge is 2.23. The first kappa shape index (κ1) is 36.0. The predicted octanol–water partition coefficient (Wildman–Crippen LogP) is 13.2. The molecular formula is C53H33N7S. The van der Waals surface area contributed by atoms with Crippen LogP contribution in [0.5, 0.6) is 0 Å². The molecule has 8 heterocycles. The molecule has 0 radical (unpaired) electrons. The van der Waals surface area contributed by atoms with E-state index in [0.29, 0.717) is 0 Å². The Morgan fingerprint density at radius 1 is 0.311 bits per heavy atom. The fourth-order valence-corrected chi connectivity index (χ4v) is 9.34. The van der Waals surface area contributed by atoms with E-state index < -0.39 is 0 Å². The number of nitrogens with zero attached hydrogens (tertiary/aromatic N) is 7. The maximum absolute atomic E-state index is 4.89. The molecule has 11 rings (SSSR count). The summed E-state index contributed by atoms with van der Waals surface area (Å²) in [6, 6.07) is 51.8. The Kier molecular flexibility index (Phi) is 9.22. The van der Waals surface area contributed by atoms with Gasteiger partial charge in [-0.1, -0.05) is 42.5 Å². The second kappa shape index (κ2) is 15.6. The fourth-order valence-electron chi connectivity index (χ4n) is 8.15. The molecule has 11 aromatic rings. The number of pyridine rings is 7. The SMILES string of the molecule is c1ccc(-c2cc(-c3ccc4sc5c(-c6cc(-c7ccccn7)c(-c7ccccn7)c(-c7ccccn7)c6)cncc5c4c3)cc(-c3ccccn3)c2-c2ccccn2)nc1. The topological polar surface area (TPSA) is 90.2 Å². The van der Waals surface area contributed by atoms with Crippen LogP contribution in [0.2, 0.25) is 0 Å². The van der Waals surface area contributed by atoms with Crippen molar-refractivity contribution < 1.29 is 0 Å². The molecule has 0 aliphatic carbocycles. The number of benzene rings is 3. The molecule has 3 aromatic carbocycles. The number of aromatic nitrogens is 7. The number of hydrogen-bond donors (Lipinski definition) is 0. The summed E-state index contributed by atoms with van der Waals surface area (Å²) in [6.45, 7) is 0. The molecule has 0 amide bonds. The monoisotopic (exact) mass is 799 g/mol. The van der Waals surface area contributed by atoms with E-state index in [1.807, 2.05) is 135 Å². The highest BCUT2D eigenvalue weighted by Crippen LogP contribution is 2.47. The van der Waals surface area contributed by atoms with E-state index in [1.165, 1.54) is 4.70 Å². The molecule has 7 nitrogen and oxygen atoms in total. The van der Waals surface area contributed by atoms with Gasteiger partial charge in [-0.2, -0.15) is 0 Å². The summed E-state index contributed by atoms with van der Waals surface area (Å²) in [6.07, 6.45) is 15.0. The van der Waals surface area contributed by atoms with Crippen molar-refractivity contribution in [1.82, 2.24) is 34.9 Å². The zero-order chi connectivity index (χ0) is 40.5. The normalized spacial score (nSPS) is 11.3. The van der Waals surface area contributed by atoms with Crippen LogP contribution in [0.3, 0.4) is 0 Å². The van der Waals surface area contributed by atoms with Crippen LogP contribution in [0.1, 0.15) is 0 Å². The minimum atomic E-state index is 0.853. The lowest BCUT2D eigenvalue weighted by molar-refractivity contribution is 1.28. The molecule has 0 unspecified atom stereocenters. The highest BCUT2D eigenvalue weighted by atomic mass is 32.1. The van der Waals surface area contributed by atoms with Gasteiger partial charge in [0, 0.05) is 109 Å². The zero-order valence-electron chi connectivity index (χ0n) is 32.6. The lowest BCUT2D eigenvalue weighted by Crippen LogP contribution is -1.96. The van der Waals surface area contributed by atoms with E-state index >= 15 is 0 Å². The van der Waals surface area contributed by atoms with Crippen LogP contribution in [0.25, 0.3) is 110 Å². The van der Waals surface area contributed by atoms with E-state index in [2.05, 4.69) is 66.7 Å². The minimum absolute atomic E-state index is 0.853. The first-order chi connectivity index (χ1) is 30.3. The van der Waals surface area contributed by atoms with Crippen molar-refractivity contribution in [2.75, 3.05) is 0 Å². The third-order valence-electron chi connectivity index (χ3n) is 10.9. The summed E-state index contributed by atoms with van der Waals surface area (Å²) >= 11 is 1.78. The van der Waals surface area contributed by atoms with E-state index in [4.69, 9.17) is 34.9 Å². The fraction of sp³-hybridized carbons (Fsp3) is 0. The van der Waals surface area contributed by atoms with Gasteiger partial charge in [0.2, 0.25) is 0 Å². The molecule has 0 saturated carbocycles. The Morgan fingerprint density at radius 2 is 0.721 bits per heavy atom.